The van der Waals surface area contributed by atoms with E-state index in [0.29, 0.717) is 17.9 Å². The Kier molecular flexibility index (Phi) is 4.74. The predicted molar refractivity (Wildman–Crippen MR) is 63.6 cm³/mol. The molecule has 0 aliphatic carbocycles. The van der Waals surface area contributed by atoms with Crippen molar-refractivity contribution in [1.29, 1.82) is 0 Å². The Bertz CT molecular complexity index is 396. The van der Waals surface area contributed by atoms with Gasteiger partial charge in [0.25, 0.3) is 5.91 Å². The van der Waals surface area contributed by atoms with Crippen molar-refractivity contribution in [2.75, 3.05) is 14.2 Å². The molecule has 0 saturated carbocycles. The first kappa shape index (κ1) is 13.3. The number of methoxy groups -OCH3 is 2. The lowest BCUT2D eigenvalue weighted by Crippen LogP contribution is -2.45. The first-order valence-electron chi connectivity index (χ1n) is 5.09. The van der Waals surface area contributed by atoms with E-state index in [0.717, 1.165) is 5.56 Å². The molecule has 1 amide bonds. The van der Waals surface area contributed by atoms with E-state index in [-0.39, 0.29) is 0 Å². The lowest BCUT2D eigenvalue weighted by molar-refractivity contribution is -0.122. The number of hydrazine groups is 1. The monoisotopic (exact) mass is 239 g/mol. The number of benzene rings is 1. The molecule has 0 saturated heterocycles. The van der Waals surface area contributed by atoms with E-state index < -0.39 is 11.9 Å². The molecule has 0 aliphatic rings. The van der Waals surface area contributed by atoms with Crippen LogP contribution in [-0.4, -0.2) is 26.2 Å². The molecule has 1 aromatic carbocycles. The number of amides is 1. The molecule has 0 aromatic heterocycles. The van der Waals surface area contributed by atoms with Gasteiger partial charge in [0.15, 0.2) is 0 Å². The molecule has 94 valence electrons. The van der Waals surface area contributed by atoms with Crippen molar-refractivity contribution >= 4 is 5.91 Å². The van der Waals surface area contributed by atoms with Gasteiger partial charge in [-0.3, -0.25) is 10.2 Å². The van der Waals surface area contributed by atoms with Crippen molar-refractivity contribution in [2.24, 2.45) is 11.6 Å². The molecule has 1 unspecified atom stereocenters. The normalized spacial score (nSPS) is 11.8. The second kappa shape index (κ2) is 6.07. The number of rotatable bonds is 5. The molecule has 17 heavy (non-hydrogen) atoms. The van der Waals surface area contributed by atoms with Gasteiger partial charge in [-0.05, 0) is 23.8 Å². The lowest BCUT2D eigenvalue weighted by atomic mass is 10.0. The summed E-state index contributed by atoms with van der Waals surface area (Å²) in [5.74, 6) is 5.94. The van der Waals surface area contributed by atoms with Crippen LogP contribution in [0.5, 0.6) is 11.5 Å². The predicted octanol–water partition coefficient (Wildman–Crippen LogP) is -0.436. The topological polar surface area (TPSA) is 99.6 Å². The fraction of sp³-hybridized carbons (Fsp3) is 0.364. The third-order valence-corrected chi connectivity index (χ3v) is 2.41. The van der Waals surface area contributed by atoms with Crippen LogP contribution < -0.4 is 26.5 Å². The standard InChI is InChI=1S/C11H17N3O3/c1-16-8-3-4-10(17-2)7(5-8)6-9(12)11(15)14-13/h3-5,9H,6,12-13H2,1-2H3,(H,14,15). The minimum absolute atomic E-state index is 0.323. The summed E-state index contributed by atoms with van der Waals surface area (Å²) in [6.07, 6.45) is 0.323. The van der Waals surface area contributed by atoms with Gasteiger partial charge >= 0.3 is 0 Å². The van der Waals surface area contributed by atoms with Crippen molar-refractivity contribution in [3.63, 3.8) is 0 Å². The summed E-state index contributed by atoms with van der Waals surface area (Å²) in [6, 6.07) is 4.60. The van der Waals surface area contributed by atoms with Gasteiger partial charge in [-0.15, -0.1) is 0 Å². The largest absolute Gasteiger partial charge is 0.497 e. The zero-order valence-corrected chi connectivity index (χ0v) is 9.90. The van der Waals surface area contributed by atoms with E-state index in [1.165, 1.54) is 0 Å². The van der Waals surface area contributed by atoms with Gasteiger partial charge < -0.3 is 15.2 Å². The molecule has 1 aromatic rings. The van der Waals surface area contributed by atoms with Crippen molar-refractivity contribution in [2.45, 2.75) is 12.5 Å². The van der Waals surface area contributed by atoms with Crippen molar-refractivity contribution < 1.29 is 14.3 Å². The Morgan fingerprint density at radius 1 is 1.41 bits per heavy atom. The summed E-state index contributed by atoms with van der Waals surface area (Å²) in [5, 5.41) is 0. The van der Waals surface area contributed by atoms with E-state index in [4.69, 9.17) is 21.1 Å². The lowest BCUT2D eigenvalue weighted by Gasteiger charge is -2.14. The fourth-order valence-electron chi connectivity index (χ4n) is 1.48. The van der Waals surface area contributed by atoms with Crippen LogP contribution in [0.1, 0.15) is 5.56 Å². The van der Waals surface area contributed by atoms with E-state index >= 15 is 0 Å². The third kappa shape index (κ3) is 3.33. The smallest absolute Gasteiger partial charge is 0.251 e. The van der Waals surface area contributed by atoms with Crippen molar-refractivity contribution in [1.82, 2.24) is 5.43 Å². The summed E-state index contributed by atoms with van der Waals surface area (Å²) in [5.41, 5.74) is 8.50. The maximum Gasteiger partial charge on any atom is 0.251 e. The highest BCUT2D eigenvalue weighted by Gasteiger charge is 2.15. The fourth-order valence-corrected chi connectivity index (χ4v) is 1.48. The van der Waals surface area contributed by atoms with Crippen LogP contribution in [0.3, 0.4) is 0 Å². The van der Waals surface area contributed by atoms with Crippen molar-refractivity contribution in [3.8, 4) is 11.5 Å². The molecule has 0 bridgehead atoms. The number of hydrogen-bond acceptors (Lipinski definition) is 5. The zero-order chi connectivity index (χ0) is 12.8. The quantitative estimate of drug-likeness (QED) is 0.367. The average Bonchev–Trinajstić information content (AvgIpc) is 2.37. The van der Waals surface area contributed by atoms with Gasteiger partial charge in [-0.2, -0.15) is 0 Å². The Balaban J connectivity index is 2.91. The van der Waals surface area contributed by atoms with Gasteiger partial charge in [-0.1, -0.05) is 0 Å². The van der Waals surface area contributed by atoms with Crippen LogP contribution in [-0.2, 0) is 11.2 Å². The summed E-state index contributed by atoms with van der Waals surface area (Å²) in [4.78, 5) is 11.2. The summed E-state index contributed by atoms with van der Waals surface area (Å²) in [6.45, 7) is 0. The Morgan fingerprint density at radius 3 is 2.65 bits per heavy atom. The second-order valence-corrected chi connectivity index (χ2v) is 3.50. The highest BCUT2D eigenvalue weighted by Crippen LogP contribution is 2.24. The third-order valence-electron chi connectivity index (χ3n) is 2.41. The minimum Gasteiger partial charge on any atom is -0.497 e. The molecule has 0 spiro atoms. The summed E-state index contributed by atoms with van der Waals surface area (Å²) >= 11 is 0. The number of ether oxygens (including phenoxy) is 2. The van der Waals surface area contributed by atoms with Gasteiger partial charge in [0.05, 0.1) is 20.3 Å². The zero-order valence-electron chi connectivity index (χ0n) is 9.90. The van der Waals surface area contributed by atoms with Crippen LogP contribution in [0.25, 0.3) is 0 Å². The molecular weight excluding hydrogens is 222 g/mol. The average molecular weight is 239 g/mol. The summed E-state index contributed by atoms with van der Waals surface area (Å²) < 4.78 is 10.3. The van der Waals surface area contributed by atoms with E-state index in [2.05, 4.69) is 0 Å². The first-order chi connectivity index (χ1) is 8.12. The number of carbonyl (C=O) groups excluding carboxylic acids is 1. The van der Waals surface area contributed by atoms with Gasteiger partial charge in [-0.25, -0.2) is 5.84 Å². The molecule has 0 heterocycles. The van der Waals surface area contributed by atoms with Crippen LogP contribution in [0.15, 0.2) is 18.2 Å². The maximum absolute atomic E-state index is 11.2. The number of nitrogens with one attached hydrogen (secondary N) is 1. The molecule has 0 fully saturated rings. The molecule has 1 atom stereocenters. The van der Waals surface area contributed by atoms with Crippen LogP contribution >= 0.6 is 0 Å². The molecule has 1 rings (SSSR count). The van der Waals surface area contributed by atoms with Crippen LogP contribution in [0.2, 0.25) is 0 Å². The Labute approximate surface area is 99.8 Å². The molecule has 0 radical (unpaired) electrons. The van der Waals surface area contributed by atoms with E-state index in [9.17, 15) is 4.79 Å². The SMILES string of the molecule is COc1ccc(OC)c(CC(N)C(=O)NN)c1. The second-order valence-electron chi connectivity index (χ2n) is 3.50. The highest BCUT2D eigenvalue weighted by molar-refractivity contribution is 5.81. The molecule has 5 N–H and O–H groups in total. The number of carbonyl (C=O) groups is 1. The Morgan fingerprint density at radius 2 is 2.12 bits per heavy atom. The van der Waals surface area contributed by atoms with Gasteiger partial charge in [0.2, 0.25) is 0 Å². The molecule has 6 heteroatoms. The number of hydrogen-bond donors (Lipinski definition) is 3. The van der Waals surface area contributed by atoms with Crippen LogP contribution in [0.4, 0.5) is 0 Å². The molecule has 0 aliphatic heterocycles. The first-order valence-corrected chi connectivity index (χ1v) is 5.09. The number of nitrogens with two attached hydrogens (primary N) is 2. The molecule has 6 nitrogen and oxygen atoms in total. The van der Waals surface area contributed by atoms with E-state index in [1.807, 2.05) is 5.43 Å². The van der Waals surface area contributed by atoms with Crippen molar-refractivity contribution in [3.05, 3.63) is 23.8 Å². The highest BCUT2D eigenvalue weighted by atomic mass is 16.5. The van der Waals surface area contributed by atoms with Gasteiger partial charge in [0, 0.05) is 6.42 Å². The maximum atomic E-state index is 11.2. The molecular formula is C11H17N3O3. The van der Waals surface area contributed by atoms with Gasteiger partial charge in [0.1, 0.15) is 11.5 Å². The van der Waals surface area contributed by atoms with Crippen LogP contribution in [0, 0.1) is 0 Å². The Hall–Kier alpha value is -1.79. The van der Waals surface area contributed by atoms with E-state index in [1.54, 1.807) is 32.4 Å². The minimum atomic E-state index is -0.721. The summed E-state index contributed by atoms with van der Waals surface area (Å²) in [7, 11) is 3.12.